The molecule has 0 saturated heterocycles. The first-order valence-electron chi connectivity index (χ1n) is 5.27. The van der Waals surface area contributed by atoms with Crippen molar-refractivity contribution in [2.45, 2.75) is 18.9 Å². The van der Waals surface area contributed by atoms with Crippen molar-refractivity contribution >= 4 is 43.2 Å². The maximum Gasteiger partial charge on any atom is 0.0948 e. The Morgan fingerprint density at radius 3 is 2.35 bits per heavy atom. The number of hydrogen-bond acceptors (Lipinski definition) is 2. The Labute approximate surface area is 122 Å². The van der Waals surface area contributed by atoms with E-state index in [1.807, 2.05) is 43.3 Å². The van der Waals surface area contributed by atoms with Crippen LogP contribution in [0.15, 0.2) is 44.7 Å². The van der Waals surface area contributed by atoms with Crippen LogP contribution in [0.5, 0.6) is 0 Å². The minimum atomic E-state index is -0.468. The zero-order chi connectivity index (χ0) is 12.4. The zero-order valence-electron chi connectivity index (χ0n) is 9.23. The number of aliphatic hydroxyl groups excluding tert-OH is 1. The molecule has 2 atom stereocenters. The van der Waals surface area contributed by atoms with Gasteiger partial charge in [0.05, 0.1) is 9.89 Å². The van der Waals surface area contributed by atoms with E-state index in [4.69, 9.17) is 0 Å². The van der Waals surface area contributed by atoms with Crippen LogP contribution in [0.3, 0.4) is 0 Å². The molecule has 0 saturated carbocycles. The van der Waals surface area contributed by atoms with Crippen molar-refractivity contribution in [1.29, 1.82) is 0 Å². The molecule has 0 bridgehead atoms. The predicted molar refractivity (Wildman–Crippen MR) is 79.5 cm³/mol. The Balaban J connectivity index is 2.23. The van der Waals surface area contributed by atoms with Gasteiger partial charge >= 0.3 is 0 Å². The molecule has 4 heteroatoms. The molecule has 0 aliphatic rings. The monoisotopic (exact) mass is 374 g/mol. The molecular formula is C13H12Br2OS. The minimum absolute atomic E-state index is 0.0913. The van der Waals surface area contributed by atoms with Gasteiger partial charge in [-0.1, -0.05) is 37.3 Å². The van der Waals surface area contributed by atoms with E-state index in [0.717, 1.165) is 18.7 Å². The minimum Gasteiger partial charge on any atom is -0.387 e. The molecule has 17 heavy (non-hydrogen) atoms. The maximum absolute atomic E-state index is 10.3. The van der Waals surface area contributed by atoms with Crippen molar-refractivity contribution in [3.8, 4) is 0 Å². The highest BCUT2D eigenvalue weighted by atomic mass is 79.9. The van der Waals surface area contributed by atoms with Crippen molar-refractivity contribution < 1.29 is 5.11 Å². The topological polar surface area (TPSA) is 20.2 Å². The van der Waals surface area contributed by atoms with E-state index >= 15 is 0 Å². The summed E-state index contributed by atoms with van der Waals surface area (Å²) in [6.45, 7) is 2.04. The lowest BCUT2D eigenvalue weighted by Gasteiger charge is -2.17. The van der Waals surface area contributed by atoms with Gasteiger partial charge in [0.15, 0.2) is 0 Å². The van der Waals surface area contributed by atoms with Crippen molar-refractivity contribution in [3.05, 3.63) is 55.1 Å². The summed E-state index contributed by atoms with van der Waals surface area (Å²) in [4.78, 5) is 0.972. The average Bonchev–Trinajstić information content (AvgIpc) is 2.69. The summed E-state index contributed by atoms with van der Waals surface area (Å²) in [5.41, 5.74) is 1.15. The van der Waals surface area contributed by atoms with Gasteiger partial charge in [0.1, 0.15) is 0 Å². The van der Waals surface area contributed by atoms with Crippen molar-refractivity contribution in [2.24, 2.45) is 0 Å². The van der Waals surface area contributed by atoms with Crippen LogP contribution in [0.2, 0.25) is 0 Å². The molecule has 2 rings (SSSR count). The third-order valence-electron chi connectivity index (χ3n) is 2.75. The molecule has 2 unspecified atom stereocenters. The van der Waals surface area contributed by atoms with Gasteiger partial charge in [0, 0.05) is 15.3 Å². The smallest absolute Gasteiger partial charge is 0.0948 e. The number of thiophene rings is 1. The normalized spacial score (nSPS) is 14.6. The van der Waals surface area contributed by atoms with E-state index in [1.165, 1.54) is 0 Å². The van der Waals surface area contributed by atoms with Gasteiger partial charge in [-0.2, -0.15) is 0 Å². The first-order valence-corrected chi connectivity index (χ1v) is 7.67. The second kappa shape index (κ2) is 5.65. The van der Waals surface area contributed by atoms with Crippen LogP contribution in [0.25, 0.3) is 0 Å². The molecule has 0 aliphatic heterocycles. The van der Waals surface area contributed by atoms with Crippen LogP contribution in [0.4, 0.5) is 0 Å². The molecule has 0 amide bonds. The molecule has 1 aromatic carbocycles. The quantitative estimate of drug-likeness (QED) is 0.790. The second-order valence-electron chi connectivity index (χ2n) is 3.91. The van der Waals surface area contributed by atoms with Crippen LogP contribution in [0, 0.1) is 0 Å². The fraction of sp³-hybridized carbons (Fsp3) is 0.231. The highest BCUT2D eigenvalue weighted by Gasteiger charge is 2.20. The lowest BCUT2D eigenvalue weighted by Crippen LogP contribution is -2.05. The fourth-order valence-electron chi connectivity index (χ4n) is 1.69. The lowest BCUT2D eigenvalue weighted by molar-refractivity contribution is 0.155. The van der Waals surface area contributed by atoms with E-state index in [-0.39, 0.29) is 5.92 Å². The number of halogens is 2. The summed E-state index contributed by atoms with van der Waals surface area (Å²) < 4.78 is 2.02. The van der Waals surface area contributed by atoms with E-state index in [2.05, 4.69) is 31.9 Å². The molecule has 90 valence electrons. The molecular weight excluding hydrogens is 364 g/mol. The Morgan fingerprint density at radius 2 is 1.82 bits per heavy atom. The summed E-state index contributed by atoms with van der Waals surface area (Å²) in [6, 6.07) is 12.1. The lowest BCUT2D eigenvalue weighted by atomic mass is 9.94. The summed E-state index contributed by atoms with van der Waals surface area (Å²) in [5.74, 6) is 0.0913. The zero-order valence-corrected chi connectivity index (χ0v) is 13.2. The molecule has 1 aromatic heterocycles. The summed E-state index contributed by atoms with van der Waals surface area (Å²) in [6.07, 6.45) is -0.468. The standard InChI is InChI=1S/C13H12Br2OS/c1-8(9-5-3-2-4-6-9)12(16)11-7-10(14)13(15)17-11/h2-8,12,16H,1H3. The van der Waals surface area contributed by atoms with E-state index in [0.29, 0.717) is 0 Å². The number of hydrogen-bond donors (Lipinski definition) is 1. The number of aliphatic hydroxyl groups is 1. The Hall–Kier alpha value is -0.160. The maximum atomic E-state index is 10.3. The van der Waals surface area contributed by atoms with E-state index in [9.17, 15) is 5.11 Å². The van der Waals surface area contributed by atoms with Gasteiger partial charge in [0.25, 0.3) is 0 Å². The van der Waals surface area contributed by atoms with Gasteiger partial charge in [-0.05, 0) is 43.5 Å². The molecule has 0 fully saturated rings. The Bertz CT molecular complexity index is 476. The molecule has 0 radical (unpaired) electrons. The molecule has 1 nitrogen and oxygen atoms in total. The van der Waals surface area contributed by atoms with E-state index < -0.39 is 6.10 Å². The molecule has 0 spiro atoms. The van der Waals surface area contributed by atoms with Crippen molar-refractivity contribution in [3.63, 3.8) is 0 Å². The van der Waals surface area contributed by atoms with Crippen LogP contribution < -0.4 is 0 Å². The highest BCUT2D eigenvalue weighted by molar-refractivity contribution is 9.13. The molecule has 1 N–H and O–H groups in total. The molecule has 0 aliphatic carbocycles. The highest BCUT2D eigenvalue weighted by Crippen LogP contribution is 2.40. The first kappa shape index (κ1) is 13.3. The van der Waals surface area contributed by atoms with Gasteiger partial charge in [-0.25, -0.2) is 0 Å². The number of benzene rings is 1. The van der Waals surface area contributed by atoms with Gasteiger partial charge < -0.3 is 5.11 Å². The molecule has 2 aromatic rings. The summed E-state index contributed by atoms with van der Waals surface area (Å²) >= 11 is 8.46. The van der Waals surface area contributed by atoms with Crippen LogP contribution >= 0.6 is 43.2 Å². The average molecular weight is 376 g/mol. The first-order chi connectivity index (χ1) is 8.09. The van der Waals surface area contributed by atoms with Crippen LogP contribution in [0.1, 0.15) is 29.4 Å². The van der Waals surface area contributed by atoms with Gasteiger partial charge in [-0.15, -0.1) is 11.3 Å². The van der Waals surface area contributed by atoms with Crippen LogP contribution in [-0.2, 0) is 0 Å². The summed E-state index contributed by atoms with van der Waals surface area (Å²) in [7, 11) is 0. The second-order valence-corrected chi connectivity index (χ2v) is 7.17. The Kier molecular flexibility index (Phi) is 4.42. The predicted octanol–water partition coefficient (Wildman–Crippen LogP) is 5.11. The van der Waals surface area contributed by atoms with E-state index in [1.54, 1.807) is 11.3 Å². The fourth-order valence-corrected chi connectivity index (χ4v) is 3.88. The largest absolute Gasteiger partial charge is 0.387 e. The SMILES string of the molecule is CC(c1ccccc1)C(O)c1cc(Br)c(Br)s1. The third-order valence-corrected chi connectivity index (χ3v) is 6.08. The third kappa shape index (κ3) is 2.99. The molecule has 1 heterocycles. The van der Waals surface area contributed by atoms with Gasteiger partial charge in [0.2, 0.25) is 0 Å². The van der Waals surface area contributed by atoms with Crippen molar-refractivity contribution in [1.82, 2.24) is 0 Å². The van der Waals surface area contributed by atoms with Crippen LogP contribution in [-0.4, -0.2) is 5.11 Å². The summed E-state index contributed by atoms with van der Waals surface area (Å²) in [5, 5.41) is 10.3. The number of rotatable bonds is 3. The Morgan fingerprint density at radius 1 is 1.18 bits per heavy atom. The van der Waals surface area contributed by atoms with Gasteiger partial charge in [-0.3, -0.25) is 0 Å². The van der Waals surface area contributed by atoms with Crippen molar-refractivity contribution in [2.75, 3.05) is 0 Å².